The number of nitro benzene ring substituents is 1. The van der Waals surface area contributed by atoms with Crippen molar-refractivity contribution in [2.24, 2.45) is 0 Å². The van der Waals surface area contributed by atoms with E-state index >= 15 is 0 Å². The third-order valence-corrected chi connectivity index (χ3v) is 2.16. The highest BCUT2D eigenvalue weighted by atomic mass is 19.1. The number of aromatic nitrogens is 3. The lowest BCUT2D eigenvalue weighted by atomic mass is 10.1. The molecule has 0 saturated heterocycles. The van der Waals surface area contributed by atoms with Crippen LogP contribution in [0.5, 0.6) is 0 Å². The van der Waals surface area contributed by atoms with Crippen LogP contribution in [-0.4, -0.2) is 30.8 Å². The largest absolute Gasteiger partial charge is 0.477 e. The molecule has 2 rings (SSSR count). The molecule has 1 N–H and O–H groups in total. The van der Waals surface area contributed by atoms with Crippen LogP contribution in [0.3, 0.4) is 0 Å². The van der Waals surface area contributed by atoms with E-state index in [2.05, 4.69) is 10.1 Å². The second-order valence-corrected chi connectivity index (χ2v) is 3.22. The molecule has 0 unspecified atom stereocenters. The summed E-state index contributed by atoms with van der Waals surface area (Å²) in [5, 5.41) is 23.1. The summed E-state index contributed by atoms with van der Waals surface area (Å²) in [7, 11) is 0. The molecule has 0 saturated carbocycles. The summed E-state index contributed by atoms with van der Waals surface area (Å²) in [6.45, 7) is 0. The molecule has 0 fully saturated rings. The number of carbonyl (C=O) groups is 1. The number of carboxylic acids is 1. The normalized spacial score (nSPS) is 10.3. The maximum absolute atomic E-state index is 13.6. The quantitative estimate of drug-likeness (QED) is 0.644. The van der Waals surface area contributed by atoms with Crippen LogP contribution in [0.1, 0.15) is 10.4 Å². The predicted molar refractivity (Wildman–Crippen MR) is 54.9 cm³/mol. The van der Waals surface area contributed by atoms with Crippen molar-refractivity contribution in [2.45, 2.75) is 0 Å². The zero-order chi connectivity index (χ0) is 13.3. The van der Waals surface area contributed by atoms with Gasteiger partial charge in [0.2, 0.25) is 0 Å². The van der Waals surface area contributed by atoms with Crippen LogP contribution < -0.4 is 0 Å². The van der Waals surface area contributed by atoms with E-state index in [0.29, 0.717) is 6.07 Å². The third kappa shape index (κ3) is 1.88. The molecule has 0 aliphatic heterocycles. The van der Waals surface area contributed by atoms with Crippen LogP contribution >= 0.6 is 0 Å². The first kappa shape index (κ1) is 11.6. The van der Waals surface area contributed by atoms with Crippen molar-refractivity contribution in [3.8, 4) is 5.69 Å². The van der Waals surface area contributed by atoms with Crippen LogP contribution in [0, 0.1) is 15.9 Å². The van der Waals surface area contributed by atoms with Gasteiger partial charge >= 0.3 is 5.97 Å². The van der Waals surface area contributed by atoms with E-state index in [0.717, 1.165) is 23.4 Å². The molecule has 0 atom stereocenters. The second kappa shape index (κ2) is 4.20. The van der Waals surface area contributed by atoms with Gasteiger partial charge < -0.3 is 5.11 Å². The van der Waals surface area contributed by atoms with E-state index in [1.165, 1.54) is 0 Å². The molecule has 8 nitrogen and oxygen atoms in total. The van der Waals surface area contributed by atoms with Crippen LogP contribution in [0.25, 0.3) is 5.69 Å². The Bertz CT molecular complexity index is 626. The molecular weight excluding hydrogens is 247 g/mol. The van der Waals surface area contributed by atoms with Gasteiger partial charge in [-0.15, -0.1) is 0 Å². The molecule has 1 aromatic carbocycles. The molecule has 2 aromatic rings. The van der Waals surface area contributed by atoms with E-state index in [1.807, 2.05) is 0 Å². The fourth-order valence-electron chi connectivity index (χ4n) is 1.38. The summed E-state index contributed by atoms with van der Waals surface area (Å²) in [4.78, 5) is 24.1. The Kier molecular flexibility index (Phi) is 2.72. The van der Waals surface area contributed by atoms with E-state index in [9.17, 15) is 19.3 Å². The average molecular weight is 252 g/mol. The van der Waals surface area contributed by atoms with Gasteiger partial charge in [-0.05, 0) is 6.07 Å². The summed E-state index contributed by atoms with van der Waals surface area (Å²) in [5.41, 5.74) is -1.66. The smallest absolute Gasteiger partial charge is 0.342 e. The minimum absolute atomic E-state index is 0.226. The van der Waals surface area contributed by atoms with E-state index < -0.39 is 28.0 Å². The first-order chi connectivity index (χ1) is 8.50. The Morgan fingerprint density at radius 2 is 2.22 bits per heavy atom. The maximum Gasteiger partial charge on any atom is 0.342 e. The lowest BCUT2D eigenvalue weighted by Gasteiger charge is -2.04. The summed E-state index contributed by atoms with van der Waals surface area (Å²) in [6.07, 6.45) is 2.27. The number of benzene rings is 1. The molecule has 0 aliphatic carbocycles. The molecule has 1 heterocycles. The predicted octanol–water partition coefficient (Wildman–Crippen LogP) is 1.01. The molecule has 0 radical (unpaired) electrons. The highest BCUT2D eigenvalue weighted by molar-refractivity contribution is 5.93. The molecule has 1 aromatic heterocycles. The lowest BCUT2D eigenvalue weighted by molar-refractivity contribution is -0.385. The Labute approximate surface area is 98.5 Å². The van der Waals surface area contributed by atoms with Crippen LogP contribution in [0.4, 0.5) is 10.1 Å². The number of aromatic carboxylic acids is 1. The number of carboxylic acid groups (broad SMARTS) is 1. The fraction of sp³-hybridized carbons (Fsp3) is 0. The minimum atomic E-state index is -1.52. The van der Waals surface area contributed by atoms with E-state index in [4.69, 9.17) is 5.11 Å². The molecular formula is C9H5FN4O4. The van der Waals surface area contributed by atoms with Crippen molar-refractivity contribution in [3.05, 3.63) is 46.3 Å². The molecule has 92 valence electrons. The van der Waals surface area contributed by atoms with Crippen molar-refractivity contribution in [1.82, 2.24) is 14.8 Å². The van der Waals surface area contributed by atoms with Crippen LogP contribution in [-0.2, 0) is 0 Å². The highest BCUT2D eigenvalue weighted by Gasteiger charge is 2.24. The molecule has 18 heavy (non-hydrogen) atoms. The topological polar surface area (TPSA) is 111 Å². The molecule has 0 bridgehead atoms. The number of nitrogens with zero attached hydrogens (tertiary/aromatic N) is 4. The average Bonchev–Trinajstić information content (AvgIpc) is 2.81. The summed E-state index contributed by atoms with van der Waals surface area (Å²) < 4.78 is 14.6. The number of nitro groups is 1. The summed E-state index contributed by atoms with van der Waals surface area (Å²) in [6, 6.07) is 1.38. The van der Waals surface area contributed by atoms with Gasteiger partial charge in [0.25, 0.3) is 5.69 Å². The molecule has 0 spiro atoms. The Morgan fingerprint density at radius 3 is 2.72 bits per heavy atom. The zero-order valence-corrected chi connectivity index (χ0v) is 8.65. The standard InChI is InChI=1S/C9H5FN4O4/c10-6-2-7(14(17)18)5(9(15)16)1-8(6)13-4-11-3-12-13/h1-4H,(H,15,16). The lowest BCUT2D eigenvalue weighted by Crippen LogP contribution is -2.07. The zero-order valence-electron chi connectivity index (χ0n) is 8.65. The van der Waals surface area contributed by atoms with Crippen molar-refractivity contribution in [1.29, 1.82) is 0 Å². The van der Waals surface area contributed by atoms with Gasteiger partial charge in [-0.3, -0.25) is 10.1 Å². The Hall–Kier alpha value is -2.84. The minimum Gasteiger partial charge on any atom is -0.477 e. The van der Waals surface area contributed by atoms with Gasteiger partial charge in [0.05, 0.1) is 11.0 Å². The monoisotopic (exact) mass is 252 g/mol. The summed E-state index contributed by atoms with van der Waals surface area (Å²) >= 11 is 0. The first-order valence-corrected chi connectivity index (χ1v) is 4.57. The fourth-order valence-corrected chi connectivity index (χ4v) is 1.38. The number of hydrogen-bond acceptors (Lipinski definition) is 5. The summed E-state index contributed by atoms with van der Waals surface area (Å²) in [5.74, 6) is -2.49. The van der Waals surface area contributed by atoms with E-state index in [1.54, 1.807) is 0 Å². The van der Waals surface area contributed by atoms with Gasteiger partial charge in [-0.25, -0.2) is 18.9 Å². The number of rotatable bonds is 3. The van der Waals surface area contributed by atoms with Crippen LogP contribution in [0.2, 0.25) is 0 Å². The number of halogens is 1. The first-order valence-electron chi connectivity index (χ1n) is 4.57. The Balaban J connectivity index is 2.68. The maximum atomic E-state index is 13.6. The van der Waals surface area contributed by atoms with Crippen LogP contribution in [0.15, 0.2) is 24.8 Å². The second-order valence-electron chi connectivity index (χ2n) is 3.22. The van der Waals surface area contributed by atoms with Crippen molar-refractivity contribution in [2.75, 3.05) is 0 Å². The number of hydrogen-bond donors (Lipinski definition) is 1. The molecule has 0 aliphatic rings. The van der Waals surface area contributed by atoms with Crippen molar-refractivity contribution >= 4 is 11.7 Å². The third-order valence-electron chi connectivity index (χ3n) is 2.16. The van der Waals surface area contributed by atoms with Crippen molar-refractivity contribution in [3.63, 3.8) is 0 Å². The molecule has 0 amide bonds. The Morgan fingerprint density at radius 1 is 1.50 bits per heavy atom. The van der Waals surface area contributed by atoms with Gasteiger partial charge in [0, 0.05) is 0 Å². The van der Waals surface area contributed by atoms with Gasteiger partial charge in [0.1, 0.15) is 23.9 Å². The van der Waals surface area contributed by atoms with E-state index in [-0.39, 0.29) is 5.69 Å². The van der Waals surface area contributed by atoms with Crippen molar-refractivity contribution < 1.29 is 19.2 Å². The van der Waals surface area contributed by atoms with Gasteiger partial charge in [-0.1, -0.05) is 0 Å². The SMILES string of the molecule is O=C(O)c1cc(-n2cncn2)c(F)cc1[N+](=O)[O-]. The van der Waals surface area contributed by atoms with Gasteiger partial charge in [-0.2, -0.15) is 5.10 Å². The molecule has 9 heteroatoms. The highest BCUT2D eigenvalue weighted by Crippen LogP contribution is 2.24. The van der Waals surface area contributed by atoms with Gasteiger partial charge in [0.15, 0.2) is 5.82 Å².